The summed E-state index contributed by atoms with van der Waals surface area (Å²) in [5.41, 5.74) is 2.41. The molecular formula is C19H21ClN4O. The monoisotopic (exact) mass is 356 g/mol. The van der Waals surface area contributed by atoms with Gasteiger partial charge in [-0.2, -0.15) is 0 Å². The minimum atomic E-state index is -0.684. The van der Waals surface area contributed by atoms with E-state index in [0.717, 1.165) is 43.5 Å². The lowest BCUT2D eigenvalue weighted by Gasteiger charge is -2.38. The third-order valence-corrected chi connectivity index (χ3v) is 5.18. The van der Waals surface area contributed by atoms with Gasteiger partial charge in [0.25, 0.3) is 0 Å². The fourth-order valence-corrected chi connectivity index (χ4v) is 3.69. The molecule has 3 aromatic heterocycles. The molecular weight excluding hydrogens is 336 g/mol. The van der Waals surface area contributed by atoms with E-state index in [4.69, 9.17) is 11.6 Å². The van der Waals surface area contributed by atoms with Gasteiger partial charge in [-0.3, -0.25) is 9.88 Å². The van der Waals surface area contributed by atoms with E-state index < -0.39 is 5.60 Å². The lowest BCUT2D eigenvalue weighted by Crippen LogP contribution is -2.46. The van der Waals surface area contributed by atoms with E-state index in [-0.39, 0.29) is 0 Å². The maximum absolute atomic E-state index is 11.0. The molecule has 0 radical (unpaired) electrons. The minimum Gasteiger partial charge on any atom is -0.388 e. The SMILES string of the molecule is OC1(Cn2ccc3nc(Cl)ccc32)CCN(Cc2cccnc2)CC1. The standard InChI is InChI=1S/C19H21ClN4O/c20-18-4-3-17-16(22-18)5-9-24(17)14-19(25)6-10-23(11-7-19)13-15-2-1-8-21-12-15/h1-5,8-9,12,25H,6-7,10-11,13-14H2. The van der Waals surface area contributed by atoms with Crippen molar-refractivity contribution in [2.75, 3.05) is 13.1 Å². The highest BCUT2D eigenvalue weighted by Gasteiger charge is 2.32. The van der Waals surface area contributed by atoms with Crippen molar-refractivity contribution in [3.63, 3.8) is 0 Å². The molecule has 0 spiro atoms. The van der Waals surface area contributed by atoms with Gasteiger partial charge in [-0.25, -0.2) is 4.98 Å². The van der Waals surface area contributed by atoms with Crippen LogP contribution in [-0.4, -0.2) is 43.2 Å². The number of piperidine rings is 1. The molecule has 0 unspecified atom stereocenters. The van der Waals surface area contributed by atoms with Crippen LogP contribution in [0.1, 0.15) is 18.4 Å². The van der Waals surface area contributed by atoms with Gasteiger partial charge in [0.15, 0.2) is 0 Å². The van der Waals surface area contributed by atoms with Gasteiger partial charge in [0.1, 0.15) is 5.15 Å². The first-order valence-corrected chi connectivity index (χ1v) is 8.94. The van der Waals surface area contributed by atoms with Crippen LogP contribution in [-0.2, 0) is 13.1 Å². The highest BCUT2D eigenvalue weighted by atomic mass is 35.5. The molecule has 0 aliphatic carbocycles. The Labute approximate surface area is 151 Å². The number of aromatic nitrogens is 3. The van der Waals surface area contributed by atoms with Crippen LogP contribution in [0.2, 0.25) is 5.15 Å². The molecule has 3 aromatic rings. The zero-order chi connectivity index (χ0) is 17.3. The topological polar surface area (TPSA) is 54.2 Å². The summed E-state index contributed by atoms with van der Waals surface area (Å²) < 4.78 is 2.08. The number of aliphatic hydroxyl groups is 1. The van der Waals surface area contributed by atoms with Crippen molar-refractivity contribution in [3.8, 4) is 0 Å². The summed E-state index contributed by atoms with van der Waals surface area (Å²) in [4.78, 5) is 10.9. The molecule has 0 bridgehead atoms. The summed E-state index contributed by atoms with van der Waals surface area (Å²) in [5.74, 6) is 0. The second kappa shape index (κ2) is 6.75. The number of pyridine rings is 2. The van der Waals surface area contributed by atoms with Gasteiger partial charge < -0.3 is 9.67 Å². The summed E-state index contributed by atoms with van der Waals surface area (Å²) in [6.07, 6.45) is 7.20. The summed E-state index contributed by atoms with van der Waals surface area (Å²) >= 11 is 5.95. The van der Waals surface area contributed by atoms with E-state index in [1.54, 1.807) is 12.3 Å². The van der Waals surface area contributed by atoms with Gasteiger partial charge in [-0.05, 0) is 42.7 Å². The number of likely N-dealkylation sites (tertiary alicyclic amines) is 1. The molecule has 25 heavy (non-hydrogen) atoms. The molecule has 1 aliphatic rings. The molecule has 130 valence electrons. The molecule has 0 saturated carbocycles. The smallest absolute Gasteiger partial charge is 0.129 e. The first-order chi connectivity index (χ1) is 12.1. The molecule has 0 aromatic carbocycles. The Balaban J connectivity index is 1.41. The van der Waals surface area contributed by atoms with E-state index in [2.05, 4.69) is 25.5 Å². The fraction of sp³-hybridized carbons (Fsp3) is 0.368. The molecule has 4 heterocycles. The Morgan fingerprint density at radius 2 is 2.00 bits per heavy atom. The Hall–Kier alpha value is -1.95. The molecule has 1 N–H and O–H groups in total. The second-order valence-electron chi connectivity index (χ2n) is 6.84. The summed E-state index contributed by atoms with van der Waals surface area (Å²) in [6, 6.07) is 9.76. The predicted molar refractivity (Wildman–Crippen MR) is 98.4 cm³/mol. The van der Waals surface area contributed by atoms with Crippen molar-refractivity contribution in [1.29, 1.82) is 0 Å². The van der Waals surface area contributed by atoms with Crippen LogP contribution in [0, 0.1) is 0 Å². The molecule has 0 atom stereocenters. The average molecular weight is 357 g/mol. The number of nitrogens with zero attached hydrogens (tertiary/aromatic N) is 4. The summed E-state index contributed by atoms with van der Waals surface area (Å²) in [5, 5.41) is 11.5. The molecule has 4 rings (SSSR count). The Kier molecular flexibility index (Phi) is 4.46. The highest BCUT2D eigenvalue weighted by molar-refractivity contribution is 6.29. The van der Waals surface area contributed by atoms with Crippen LogP contribution in [0.25, 0.3) is 11.0 Å². The lowest BCUT2D eigenvalue weighted by molar-refractivity contribution is -0.0349. The van der Waals surface area contributed by atoms with Gasteiger partial charge in [0.2, 0.25) is 0 Å². The maximum atomic E-state index is 11.0. The van der Waals surface area contributed by atoms with Gasteiger partial charge in [0, 0.05) is 38.2 Å². The predicted octanol–water partition coefficient (Wildman–Crippen LogP) is 3.11. The van der Waals surface area contributed by atoms with E-state index in [1.165, 1.54) is 5.56 Å². The molecule has 1 fully saturated rings. The van der Waals surface area contributed by atoms with Gasteiger partial charge in [-0.1, -0.05) is 17.7 Å². The normalized spacial score (nSPS) is 17.8. The average Bonchev–Trinajstić information content (AvgIpc) is 3.00. The number of fused-ring (bicyclic) bond motifs is 1. The zero-order valence-electron chi connectivity index (χ0n) is 14.0. The number of hydrogen-bond donors (Lipinski definition) is 1. The van der Waals surface area contributed by atoms with Crippen molar-refractivity contribution in [1.82, 2.24) is 19.4 Å². The van der Waals surface area contributed by atoms with Crippen molar-refractivity contribution in [2.45, 2.75) is 31.5 Å². The van der Waals surface area contributed by atoms with E-state index >= 15 is 0 Å². The van der Waals surface area contributed by atoms with Crippen molar-refractivity contribution >= 4 is 22.6 Å². The first kappa shape index (κ1) is 16.5. The van der Waals surface area contributed by atoms with Crippen molar-refractivity contribution < 1.29 is 5.11 Å². The van der Waals surface area contributed by atoms with Crippen LogP contribution >= 0.6 is 11.6 Å². The Morgan fingerprint density at radius 1 is 1.16 bits per heavy atom. The largest absolute Gasteiger partial charge is 0.388 e. The summed E-state index contributed by atoms with van der Waals surface area (Å²) in [6.45, 7) is 3.24. The van der Waals surface area contributed by atoms with E-state index in [1.807, 2.05) is 30.6 Å². The molecule has 5 nitrogen and oxygen atoms in total. The Morgan fingerprint density at radius 3 is 2.76 bits per heavy atom. The number of hydrogen-bond acceptors (Lipinski definition) is 4. The van der Waals surface area contributed by atoms with Gasteiger partial charge in [0.05, 0.1) is 23.2 Å². The van der Waals surface area contributed by atoms with Crippen LogP contribution < -0.4 is 0 Å². The third-order valence-electron chi connectivity index (χ3n) is 4.97. The lowest BCUT2D eigenvalue weighted by atomic mass is 9.91. The van der Waals surface area contributed by atoms with Gasteiger partial charge >= 0.3 is 0 Å². The van der Waals surface area contributed by atoms with Gasteiger partial charge in [-0.15, -0.1) is 0 Å². The second-order valence-corrected chi connectivity index (χ2v) is 7.23. The number of rotatable bonds is 4. The number of halogens is 1. The maximum Gasteiger partial charge on any atom is 0.129 e. The highest BCUT2D eigenvalue weighted by Crippen LogP contribution is 2.27. The minimum absolute atomic E-state index is 0.493. The molecule has 1 aliphatic heterocycles. The third kappa shape index (κ3) is 3.68. The first-order valence-electron chi connectivity index (χ1n) is 8.56. The van der Waals surface area contributed by atoms with Crippen LogP contribution in [0.5, 0.6) is 0 Å². The van der Waals surface area contributed by atoms with Crippen LogP contribution in [0.4, 0.5) is 0 Å². The molecule has 1 saturated heterocycles. The Bertz CT molecular complexity index is 856. The summed E-state index contributed by atoms with van der Waals surface area (Å²) in [7, 11) is 0. The van der Waals surface area contributed by atoms with Crippen molar-refractivity contribution in [2.24, 2.45) is 0 Å². The van der Waals surface area contributed by atoms with Crippen LogP contribution in [0.3, 0.4) is 0 Å². The molecule has 6 heteroatoms. The van der Waals surface area contributed by atoms with Crippen LogP contribution in [0.15, 0.2) is 48.9 Å². The molecule has 0 amide bonds. The fourth-order valence-electron chi connectivity index (χ4n) is 3.54. The van der Waals surface area contributed by atoms with E-state index in [0.29, 0.717) is 11.7 Å². The van der Waals surface area contributed by atoms with E-state index in [9.17, 15) is 5.11 Å². The zero-order valence-corrected chi connectivity index (χ0v) is 14.7. The quantitative estimate of drug-likeness (QED) is 0.730. The van der Waals surface area contributed by atoms with Crippen molar-refractivity contribution in [3.05, 3.63) is 59.6 Å².